The average Bonchev–Trinajstić information content (AvgIpc) is 2.82. The highest BCUT2D eigenvalue weighted by Gasteiger charge is 2.23. The van der Waals surface area contributed by atoms with Gasteiger partial charge in [-0.1, -0.05) is 18.2 Å². The molecule has 0 fully saturated rings. The number of hydrazine groups is 1. The minimum atomic E-state index is -0.474. The zero-order chi connectivity index (χ0) is 15.2. The van der Waals surface area contributed by atoms with Crippen LogP contribution in [0.5, 0.6) is 0 Å². The molecule has 0 saturated heterocycles. The van der Waals surface area contributed by atoms with Gasteiger partial charge in [-0.2, -0.15) is 0 Å². The molecular formula is C14H15N3O3S. The summed E-state index contributed by atoms with van der Waals surface area (Å²) >= 11 is 1.15. The van der Waals surface area contributed by atoms with Crippen molar-refractivity contribution in [1.82, 2.24) is 0 Å². The number of benzene rings is 1. The maximum absolute atomic E-state index is 12.0. The Morgan fingerprint density at radius 1 is 1.29 bits per heavy atom. The normalized spacial score (nSPS) is 10.0. The Labute approximate surface area is 126 Å². The van der Waals surface area contributed by atoms with Crippen LogP contribution in [0.25, 0.3) is 0 Å². The molecule has 0 spiro atoms. The van der Waals surface area contributed by atoms with Crippen LogP contribution in [0.2, 0.25) is 0 Å². The van der Waals surface area contributed by atoms with Gasteiger partial charge in [-0.05, 0) is 31.2 Å². The van der Waals surface area contributed by atoms with E-state index in [1.807, 2.05) is 30.3 Å². The Hall–Kier alpha value is -2.41. The van der Waals surface area contributed by atoms with Gasteiger partial charge in [0.25, 0.3) is 0 Å². The van der Waals surface area contributed by atoms with Gasteiger partial charge in [-0.25, -0.2) is 4.79 Å². The summed E-state index contributed by atoms with van der Waals surface area (Å²) in [5.41, 5.74) is 7.29. The lowest BCUT2D eigenvalue weighted by molar-refractivity contribution is 0.0527. The first-order valence-electron chi connectivity index (χ1n) is 6.38. The van der Waals surface area contributed by atoms with Crippen molar-refractivity contribution in [2.75, 3.05) is 17.5 Å². The highest BCUT2D eigenvalue weighted by Crippen LogP contribution is 2.40. The van der Waals surface area contributed by atoms with Gasteiger partial charge in [0, 0.05) is 4.88 Å². The van der Waals surface area contributed by atoms with Crippen molar-refractivity contribution in [1.29, 1.82) is 0 Å². The second-order valence-corrected chi connectivity index (χ2v) is 5.34. The van der Waals surface area contributed by atoms with E-state index in [2.05, 4.69) is 16.0 Å². The van der Waals surface area contributed by atoms with E-state index >= 15 is 0 Å². The van der Waals surface area contributed by atoms with Crippen molar-refractivity contribution in [3.63, 3.8) is 0 Å². The number of rotatable bonds is 6. The fraction of sp³-hybridized carbons (Fsp3) is 0.214. The van der Waals surface area contributed by atoms with Crippen molar-refractivity contribution in [2.45, 2.75) is 13.8 Å². The van der Waals surface area contributed by atoms with E-state index in [1.165, 1.54) is 0 Å². The Balaban J connectivity index is 2.28. The lowest BCUT2D eigenvalue weighted by atomic mass is 10.2. The SMILES string of the molecule is CCOC(=O)c1c(C)sc(N=O)c1NNc1ccccc1. The van der Waals surface area contributed by atoms with Gasteiger partial charge < -0.3 is 10.2 Å². The van der Waals surface area contributed by atoms with Gasteiger partial charge in [0.05, 0.1) is 12.3 Å². The minimum Gasteiger partial charge on any atom is -0.462 e. The first-order valence-corrected chi connectivity index (χ1v) is 7.20. The van der Waals surface area contributed by atoms with E-state index in [1.54, 1.807) is 13.8 Å². The Bertz CT molecular complexity index is 640. The number of esters is 1. The number of ether oxygens (including phenoxy) is 1. The Morgan fingerprint density at radius 2 is 2.00 bits per heavy atom. The number of anilines is 2. The van der Waals surface area contributed by atoms with Crippen LogP contribution >= 0.6 is 11.3 Å². The quantitative estimate of drug-likeness (QED) is 0.478. The van der Waals surface area contributed by atoms with Crippen LogP contribution in [-0.2, 0) is 4.74 Å². The summed E-state index contributed by atoms with van der Waals surface area (Å²) in [6.07, 6.45) is 0. The van der Waals surface area contributed by atoms with Crippen LogP contribution in [0.15, 0.2) is 35.5 Å². The number of nitrogens with one attached hydrogen (secondary N) is 2. The summed E-state index contributed by atoms with van der Waals surface area (Å²) in [6.45, 7) is 3.75. The highest BCUT2D eigenvalue weighted by molar-refractivity contribution is 7.16. The second-order valence-electron chi connectivity index (χ2n) is 4.14. The van der Waals surface area contributed by atoms with Crippen molar-refractivity contribution >= 4 is 33.7 Å². The lowest BCUT2D eigenvalue weighted by Gasteiger charge is -2.11. The number of nitrogens with zero attached hydrogens (tertiary/aromatic N) is 1. The molecule has 21 heavy (non-hydrogen) atoms. The summed E-state index contributed by atoms with van der Waals surface area (Å²) < 4.78 is 5.02. The van der Waals surface area contributed by atoms with Gasteiger partial charge >= 0.3 is 5.97 Å². The topological polar surface area (TPSA) is 79.8 Å². The predicted octanol–water partition coefficient (Wildman–Crippen LogP) is 4.07. The highest BCUT2D eigenvalue weighted by atomic mass is 32.1. The number of hydrogen-bond acceptors (Lipinski definition) is 7. The van der Waals surface area contributed by atoms with Crippen molar-refractivity contribution in [3.8, 4) is 0 Å². The molecule has 0 amide bonds. The molecule has 1 aromatic heterocycles. The third kappa shape index (κ3) is 3.38. The number of aryl methyl sites for hydroxylation is 1. The van der Waals surface area contributed by atoms with Gasteiger partial charge in [0.15, 0.2) is 5.00 Å². The van der Waals surface area contributed by atoms with Crippen LogP contribution in [0.4, 0.5) is 16.4 Å². The van der Waals surface area contributed by atoms with Crippen LogP contribution in [-0.4, -0.2) is 12.6 Å². The summed E-state index contributed by atoms with van der Waals surface area (Å²) in [4.78, 5) is 23.6. The molecule has 0 aliphatic carbocycles. The van der Waals surface area contributed by atoms with E-state index in [0.717, 1.165) is 17.0 Å². The van der Waals surface area contributed by atoms with E-state index in [9.17, 15) is 9.70 Å². The van der Waals surface area contributed by atoms with E-state index < -0.39 is 5.97 Å². The Morgan fingerprint density at radius 3 is 2.62 bits per heavy atom. The van der Waals surface area contributed by atoms with E-state index in [4.69, 9.17) is 4.74 Å². The fourth-order valence-corrected chi connectivity index (χ4v) is 2.69. The van der Waals surface area contributed by atoms with Crippen LogP contribution < -0.4 is 10.9 Å². The molecule has 0 aliphatic rings. The Kier molecular flexibility index (Phi) is 4.89. The molecule has 6 nitrogen and oxygen atoms in total. The standard InChI is InChI=1S/C14H15N3O3S/c1-3-20-14(18)11-9(2)21-13(17-19)12(11)16-15-10-7-5-4-6-8-10/h4-8,15-16H,3H2,1-2H3. The van der Waals surface area contributed by atoms with Gasteiger partial charge in [-0.15, -0.1) is 16.2 Å². The first-order chi connectivity index (χ1) is 10.2. The number of carbonyl (C=O) groups excluding carboxylic acids is 1. The maximum atomic E-state index is 12.0. The maximum Gasteiger partial charge on any atom is 0.341 e. The van der Waals surface area contributed by atoms with Crippen LogP contribution in [0, 0.1) is 11.8 Å². The van der Waals surface area contributed by atoms with Crippen molar-refractivity contribution in [2.24, 2.45) is 5.18 Å². The number of para-hydroxylation sites is 1. The fourth-order valence-electron chi connectivity index (χ4n) is 1.82. The molecule has 1 heterocycles. The molecule has 110 valence electrons. The monoisotopic (exact) mass is 305 g/mol. The van der Waals surface area contributed by atoms with Gasteiger partial charge in [-0.3, -0.25) is 5.43 Å². The molecule has 2 rings (SSSR count). The molecule has 0 atom stereocenters. The number of thiophene rings is 1. The average molecular weight is 305 g/mol. The second kappa shape index (κ2) is 6.85. The summed E-state index contributed by atoms with van der Waals surface area (Å²) in [7, 11) is 0. The van der Waals surface area contributed by atoms with Gasteiger partial charge in [0.1, 0.15) is 11.3 Å². The van der Waals surface area contributed by atoms with Crippen molar-refractivity contribution in [3.05, 3.63) is 45.7 Å². The molecule has 2 N–H and O–H groups in total. The molecule has 1 aromatic carbocycles. The number of hydrogen-bond donors (Lipinski definition) is 2. The van der Waals surface area contributed by atoms with Crippen LogP contribution in [0.3, 0.4) is 0 Å². The van der Waals surface area contributed by atoms with Crippen molar-refractivity contribution < 1.29 is 9.53 Å². The molecule has 0 saturated carbocycles. The number of carbonyl (C=O) groups is 1. The summed E-state index contributed by atoms with van der Waals surface area (Å²) in [6, 6.07) is 9.33. The smallest absolute Gasteiger partial charge is 0.341 e. The molecule has 2 aromatic rings. The third-order valence-electron chi connectivity index (χ3n) is 2.73. The zero-order valence-electron chi connectivity index (χ0n) is 11.7. The predicted molar refractivity (Wildman–Crippen MR) is 84.2 cm³/mol. The molecule has 0 unspecified atom stereocenters. The lowest BCUT2D eigenvalue weighted by Crippen LogP contribution is -2.13. The zero-order valence-corrected chi connectivity index (χ0v) is 12.5. The summed E-state index contributed by atoms with van der Waals surface area (Å²) in [5.74, 6) is -0.474. The largest absolute Gasteiger partial charge is 0.462 e. The summed E-state index contributed by atoms with van der Waals surface area (Å²) in [5, 5.41) is 3.17. The van der Waals surface area contributed by atoms with Gasteiger partial charge in [0.2, 0.25) is 0 Å². The molecule has 7 heteroatoms. The minimum absolute atomic E-state index is 0.207. The third-order valence-corrected chi connectivity index (χ3v) is 3.72. The number of nitroso groups, excluding NO2 is 1. The van der Waals surface area contributed by atoms with E-state index in [0.29, 0.717) is 16.1 Å². The van der Waals surface area contributed by atoms with E-state index in [-0.39, 0.29) is 11.6 Å². The first kappa shape index (κ1) is 15.0. The van der Waals surface area contributed by atoms with Crippen LogP contribution in [0.1, 0.15) is 22.2 Å². The molecule has 0 aliphatic heterocycles. The molecule has 0 bridgehead atoms. The molecule has 0 radical (unpaired) electrons. The molecular weight excluding hydrogens is 290 g/mol.